The Kier molecular flexibility index (Phi) is 37.6. The van der Waals surface area contributed by atoms with E-state index in [1.54, 1.807) is 57.2 Å². The number of anilines is 2. The van der Waals surface area contributed by atoms with Gasteiger partial charge >= 0.3 is 18.0 Å². The number of unbranched alkanes of at least 4 members (excludes halogenated alkanes) is 2. The number of carbonyl (C=O) groups excluding carboxylic acids is 16. The zero-order chi connectivity index (χ0) is 91.0. The van der Waals surface area contributed by atoms with Crippen LogP contribution in [0, 0.1) is 11.8 Å². The highest BCUT2D eigenvalue weighted by molar-refractivity contribution is 6.30. The average Bonchev–Trinajstić information content (AvgIpc) is 0.911. The van der Waals surface area contributed by atoms with Crippen molar-refractivity contribution in [3.8, 4) is 0 Å². The van der Waals surface area contributed by atoms with E-state index in [1.807, 2.05) is 63.2 Å². The van der Waals surface area contributed by atoms with Crippen LogP contribution in [0.15, 0.2) is 140 Å². The summed E-state index contributed by atoms with van der Waals surface area (Å²) in [7, 11) is 0. The van der Waals surface area contributed by atoms with Crippen LogP contribution < -0.4 is 85.9 Å². The summed E-state index contributed by atoms with van der Waals surface area (Å²) in [6, 6.07) is 17.2. The molecule has 18 N–H and O–H groups in total. The number of esters is 1. The Morgan fingerprint density at radius 2 is 1.05 bits per heavy atom. The summed E-state index contributed by atoms with van der Waals surface area (Å²) >= 11 is 6.32. The van der Waals surface area contributed by atoms with E-state index < -0.39 is 174 Å². The summed E-state index contributed by atoms with van der Waals surface area (Å²) in [6.45, 7) is 13.8. The lowest BCUT2D eigenvalue weighted by molar-refractivity contribution is -0.148. The van der Waals surface area contributed by atoms with Crippen LogP contribution in [0.2, 0.25) is 5.02 Å². The topological polar surface area (TPSA) is 519 Å². The van der Waals surface area contributed by atoms with Gasteiger partial charge in [-0.1, -0.05) is 157 Å². The maximum absolute atomic E-state index is 15.8. The van der Waals surface area contributed by atoms with E-state index in [0.29, 0.717) is 59.5 Å². The van der Waals surface area contributed by atoms with Gasteiger partial charge in [0.05, 0.1) is 6.42 Å². The molecule has 670 valence electrons. The number of primary amides is 2. The first-order valence-corrected chi connectivity index (χ1v) is 42.4. The number of likely N-dealkylation sites (tertiary alicyclic amines) is 1. The molecule has 8 rings (SSSR count). The first-order valence-electron chi connectivity index (χ1n) is 42.0. The molecule has 35 nitrogen and oxygen atoms in total. The van der Waals surface area contributed by atoms with Gasteiger partial charge in [-0.3, -0.25) is 77.4 Å². The van der Waals surface area contributed by atoms with Crippen LogP contribution in [-0.2, 0) is 104 Å². The van der Waals surface area contributed by atoms with Crippen molar-refractivity contribution in [2.45, 2.75) is 224 Å². The Labute approximate surface area is 730 Å². The van der Waals surface area contributed by atoms with Crippen molar-refractivity contribution >= 4 is 129 Å². The van der Waals surface area contributed by atoms with Gasteiger partial charge in [-0.25, -0.2) is 9.59 Å². The van der Waals surface area contributed by atoms with Crippen molar-refractivity contribution in [2.75, 3.05) is 30.3 Å². The summed E-state index contributed by atoms with van der Waals surface area (Å²) in [4.78, 5) is 230. The predicted octanol–water partition coefficient (Wildman–Crippen LogP) is 3.89. The molecule has 125 heavy (non-hydrogen) atoms. The minimum Gasteiger partial charge on any atom is -0.463 e. The predicted molar refractivity (Wildman–Crippen MR) is 467 cm³/mol. The third-order valence-corrected chi connectivity index (χ3v) is 21.4. The fraction of sp³-hybridized carbons (Fsp3) is 0.449. The molecule has 6 aromatic rings. The molecule has 0 radical (unpaired) electrons. The number of aromatic nitrogens is 1. The van der Waals surface area contributed by atoms with E-state index in [2.05, 4.69) is 79.4 Å². The van der Waals surface area contributed by atoms with E-state index in [1.165, 1.54) is 79.7 Å². The van der Waals surface area contributed by atoms with Gasteiger partial charge in [-0.05, 0) is 138 Å². The summed E-state index contributed by atoms with van der Waals surface area (Å²) in [5, 5.41) is 39.8. The van der Waals surface area contributed by atoms with Gasteiger partial charge in [-0.15, -0.1) is 0 Å². The normalized spacial score (nSPS) is 16.1. The van der Waals surface area contributed by atoms with Gasteiger partial charge in [0, 0.05) is 86.8 Å². The van der Waals surface area contributed by atoms with Gasteiger partial charge in [0.15, 0.2) is 0 Å². The lowest BCUT2D eigenvalue weighted by Gasteiger charge is -2.31. The second-order valence-corrected chi connectivity index (χ2v) is 32.8. The number of rotatable bonds is 46. The number of benzene rings is 5. The number of halogens is 1. The number of imide groups is 1. The molecule has 2 fully saturated rings. The van der Waals surface area contributed by atoms with Crippen molar-refractivity contribution < 1.29 is 81.4 Å². The number of fused-ring (bicyclic) bond motifs is 1. The zero-order valence-corrected chi connectivity index (χ0v) is 72.2. The maximum Gasteiger partial charge on any atom is 0.322 e. The van der Waals surface area contributed by atoms with Gasteiger partial charge in [0.25, 0.3) is 0 Å². The second-order valence-electron chi connectivity index (χ2n) is 32.3. The molecule has 2 aliphatic heterocycles. The van der Waals surface area contributed by atoms with Crippen molar-refractivity contribution in [2.24, 2.45) is 23.3 Å². The molecule has 0 unspecified atom stereocenters. The van der Waals surface area contributed by atoms with E-state index in [9.17, 15) is 47.9 Å². The number of carbonyl (C=O) groups is 16. The standard InChI is InChI=1S/C89H115ClN18O17/c1-9-52(6)40-76(111)125-49-73(105-84(119)71(46-59-17-15-36-93-48-59)103-82(117)68(42-55-23-30-62(90)31-24-55)101-80(115)67(96-54(8)109)45-58-22-29-60-18-12-13-19-61(60)41-58)85(120)104-70(44-56-25-32-63(33-26-56)97-78(113)72-47-75(110)107-89(124)106-72)83(118)102-69(43-57-27-34-64(35-28-57)98-88(92)123)81(116)100-66(39-50(2)3)79(114)99-65(20-11-10-14-37-94-51(4)5)87(122)108-38-16-21-74(108)86(121)95-53(7)77(91)112/h12-13,15,17-19,22-36,41,48,50-53,65-74,94H,9-11,14,16,20-21,37-40,42-47,49H2,1-8H3,(H2,91,112)(H,95,121)(H,96,109)(H,97,113)(H,99,114)(H,100,116)(H,101,115)(H,102,118)(H,103,117)(H,104,120)(H,105,119)(H3,92,98,123)(H2,106,107,110,124)/t52-,53+,65-,66-,67+,68+,69+,70-,71+,72-,73-,74-/m0/s1. The molecule has 0 saturated carbocycles. The van der Waals surface area contributed by atoms with Crippen molar-refractivity contribution in [3.63, 3.8) is 0 Å². The quantitative estimate of drug-likeness (QED) is 0.0190. The monoisotopic (exact) mass is 1740 g/mol. The smallest absolute Gasteiger partial charge is 0.322 e. The van der Waals surface area contributed by atoms with Crippen LogP contribution in [0.3, 0.4) is 0 Å². The number of amides is 17. The number of hydrogen-bond acceptors (Lipinski definition) is 19. The lowest BCUT2D eigenvalue weighted by Crippen LogP contribution is -2.62. The third-order valence-electron chi connectivity index (χ3n) is 21.1. The molecule has 12 atom stereocenters. The Bertz CT molecular complexity index is 4780. The largest absolute Gasteiger partial charge is 0.463 e. The Hall–Kier alpha value is -12.9. The second kappa shape index (κ2) is 48.2. The molecule has 2 aliphatic rings. The Morgan fingerprint density at radius 3 is 1.58 bits per heavy atom. The highest BCUT2D eigenvalue weighted by atomic mass is 35.5. The zero-order valence-electron chi connectivity index (χ0n) is 71.5. The molecule has 0 spiro atoms. The minimum absolute atomic E-state index is 0.00888. The molecular weight excluding hydrogens is 1630 g/mol. The van der Waals surface area contributed by atoms with Gasteiger partial charge in [0.2, 0.25) is 76.8 Å². The van der Waals surface area contributed by atoms with Crippen molar-refractivity contribution in [1.29, 1.82) is 0 Å². The minimum atomic E-state index is -1.93. The average molecular weight is 1740 g/mol. The fourth-order valence-corrected chi connectivity index (χ4v) is 14.3. The first-order chi connectivity index (χ1) is 59.6. The van der Waals surface area contributed by atoms with E-state index in [4.69, 9.17) is 27.8 Å². The molecule has 1 aromatic heterocycles. The summed E-state index contributed by atoms with van der Waals surface area (Å²) < 4.78 is 5.77. The van der Waals surface area contributed by atoms with Crippen LogP contribution in [0.1, 0.15) is 147 Å². The lowest BCUT2D eigenvalue weighted by atomic mass is 9.99. The highest BCUT2D eigenvalue weighted by Crippen LogP contribution is 2.24. The van der Waals surface area contributed by atoms with Crippen molar-refractivity contribution in [3.05, 3.63) is 173 Å². The molecule has 3 heterocycles. The van der Waals surface area contributed by atoms with Gasteiger partial charge in [0.1, 0.15) is 73.1 Å². The molecule has 2 saturated heterocycles. The van der Waals surface area contributed by atoms with Crippen molar-refractivity contribution in [1.82, 2.24) is 73.7 Å². The molecule has 5 aromatic carbocycles. The van der Waals surface area contributed by atoms with Crippen LogP contribution in [0.5, 0.6) is 0 Å². The molecular formula is C89H115ClN18O17. The Balaban J connectivity index is 1.15. The first kappa shape index (κ1) is 97.5. The summed E-state index contributed by atoms with van der Waals surface area (Å²) in [5.41, 5.74) is 13.6. The third kappa shape index (κ3) is 32.0. The van der Waals surface area contributed by atoms with E-state index in [-0.39, 0.29) is 99.1 Å². The molecule has 36 heteroatoms. The number of nitrogens with zero attached hydrogens (tertiary/aromatic N) is 2. The van der Waals surface area contributed by atoms with Crippen LogP contribution >= 0.6 is 11.6 Å². The summed E-state index contributed by atoms with van der Waals surface area (Å²) in [6.07, 6.45) is 4.11. The fourth-order valence-electron chi connectivity index (χ4n) is 14.2. The molecule has 17 amide bonds. The van der Waals surface area contributed by atoms with Crippen LogP contribution in [0.25, 0.3) is 10.8 Å². The van der Waals surface area contributed by atoms with Crippen LogP contribution in [-0.4, -0.2) is 197 Å². The number of pyridine rings is 1. The van der Waals surface area contributed by atoms with Crippen LogP contribution in [0.4, 0.5) is 21.0 Å². The Morgan fingerprint density at radius 1 is 0.544 bits per heavy atom. The number of nitrogens with two attached hydrogens (primary N) is 2. The number of ether oxygens (including phenoxy) is 1. The molecule has 0 aliphatic carbocycles. The number of nitrogens with one attached hydrogen (secondary N) is 14. The molecule has 0 bridgehead atoms. The van der Waals surface area contributed by atoms with E-state index in [0.717, 1.165) is 17.2 Å². The van der Waals surface area contributed by atoms with E-state index >= 15 is 28.8 Å². The highest BCUT2D eigenvalue weighted by Gasteiger charge is 2.41. The van der Waals surface area contributed by atoms with Gasteiger partial charge < -0.3 is 90.2 Å². The maximum atomic E-state index is 15.8. The number of hydrogen-bond donors (Lipinski definition) is 16. The van der Waals surface area contributed by atoms with Gasteiger partial charge in [-0.2, -0.15) is 0 Å². The SMILES string of the molecule is CC[C@H](C)CC(=O)OC[C@H](NC(=O)[C@@H](Cc1cccnc1)NC(=O)[C@@H](Cc1ccc(Cl)cc1)NC(=O)[C@@H](Cc1ccc2ccccc2c1)NC(C)=O)C(=O)N[C@@H](Cc1ccc(NC(=O)[C@@H]2CC(=O)NC(=O)N2)cc1)C(=O)N[C@H](Cc1ccc(NC(N)=O)cc1)C(=O)N[C@@H](CC(C)C)C(=O)N[C@@H](CCCCCNC(C)C)C(=O)N1CCC[C@H]1C(=O)N[C@H](C)C(N)=O. The summed E-state index contributed by atoms with van der Waals surface area (Å²) in [5.74, 6) is -12.1. The number of urea groups is 2.